The molecule has 0 radical (unpaired) electrons. The Labute approximate surface area is 159 Å². The van der Waals surface area contributed by atoms with Crippen molar-refractivity contribution in [2.75, 3.05) is 11.6 Å². The second-order valence-electron chi connectivity index (χ2n) is 7.55. The van der Waals surface area contributed by atoms with Gasteiger partial charge in [0, 0.05) is 6.20 Å². The number of carbonyl (C=O) groups excluding carboxylic acids is 3. The highest BCUT2D eigenvalue weighted by atomic mass is 16.6. The van der Waals surface area contributed by atoms with E-state index in [-0.39, 0.29) is 18.0 Å². The van der Waals surface area contributed by atoms with Crippen molar-refractivity contribution in [3.8, 4) is 0 Å². The topological polar surface area (TPSA) is 107 Å². The van der Waals surface area contributed by atoms with Gasteiger partial charge in [0.25, 0.3) is 0 Å². The first kappa shape index (κ1) is 22.2. The van der Waals surface area contributed by atoms with Gasteiger partial charge in [0.05, 0.1) is 12.2 Å². The van der Waals surface area contributed by atoms with E-state index in [2.05, 4.69) is 10.4 Å². The Morgan fingerprint density at radius 2 is 1.63 bits per heavy atom. The summed E-state index contributed by atoms with van der Waals surface area (Å²) in [5, 5.41) is 0.814. The van der Waals surface area contributed by atoms with Crippen LogP contribution in [0.2, 0.25) is 0 Å². The zero-order valence-electron chi connectivity index (χ0n) is 16.8. The van der Waals surface area contributed by atoms with Crippen molar-refractivity contribution in [1.82, 2.24) is 10.4 Å². The van der Waals surface area contributed by atoms with Gasteiger partial charge in [0.15, 0.2) is 5.82 Å². The number of pyridine rings is 1. The number of rotatable bonds is 3. The van der Waals surface area contributed by atoms with Crippen LogP contribution in [0.1, 0.15) is 58.8 Å². The van der Waals surface area contributed by atoms with Gasteiger partial charge in [-0.15, -0.1) is 0 Å². The molecule has 0 unspecified atom stereocenters. The highest BCUT2D eigenvalue weighted by Crippen LogP contribution is 2.16. The molecule has 2 amide bonds. The van der Waals surface area contributed by atoms with Gasteiger partial charge in [-0.25, -0.2) is 24.8 Å². The SMILES string of the molecule is CCOC(=O)c1ccc(N(NC(=O)OC(C)(C)C)C(=O)OC(C)(C)C)nc1. The number of ether oxygens (including phenoxy) is 3. The van der Waals surface area contributed by atoms with Gasteiger partial charge in [-0.1, -0.05) is 0 Å². The van der Waals surface area contributed by atoms with Crippen LogP contribution in [0.5, 0.6) is 0 Å². The molecule has 150 valence electrons. The third-order valence-corrected chi connectivity index (χ3v) is 2.67. The molecule has 1 aromatic rings. The Hall–Kier alpha value is -2.84. The van der Waals surface area contributed by atoms with Gasteiger partial charge in [0.1, 0.15) is 11.2 Å². The molecule has 0 spiro atoms. The Balaban J connectivity index is 3.07. The van der Waals surface area contributed by atoms with Crippen molar-refractivity contribution in [1.29, 1.82) is 0 Å². The molecule has 0 atom stereocenters. The van der Waals surface area contributed by atoms with E-state index in [1.54, 1.807) is 48.5 Å². The van der Waals surface area contributed by atoms with Gasteiger partial charge in [-0.05, 0) is 60.6 Å². The molecule has 1 aromatic heterocycles. The number of hydrogen-bond acceptors (Lipinski definition) is 7. The lowest BCUT2D eigenvalue weighted by Gasteiger charge is -2.28. The fraction of sp³-hybridized carbons (Fsp3) is 0.556. The largest absolute Gasteiger partial charge is 0.462 e. The normalized spacial score (nSPS) is 11.4. The Bertz CT molecular complexity index is 674. The molecular formula is C18H27N3O6. The molecule has 27 heavy (non-hydrogen) atoms. The summed E-state index contributed by atoms with van der Waals surface area (Å²) >= 11 is 0. The van der Waals surface area contributed by atoms with E-state index >= 15 is 0 Å². The van der Waals surface area contributed by atoms with Crippen molar-refractivity contribution in [2.45, 2.75) is 59.7 Å². The molecule has 0 saturated heterocycles. The van der Waals surface area contributed by atoms with E-state index in [0.29, 0.717) is 0 Å². The molecule has 0 fully saturated rings. The van der Waals surface area contributed by atoms with E-state index in [4.69, 9.17) is 14.2 Å². The van der Waals surface area contributed by atoms with Gasteiger partial charge >= 0.3 is 18.2 Å². The monoisotopic (exact) mass is 381 g/mol. The summed E-state index contributed by atoms with van der Waals surface area (Å²) in [6.45, 7) is 12.1. The van der Waals surface area contributed by atoms with Crippen molar-refractivity contribution < 1.29 is 28.6 Å². The Morgan fingerprint density at radius 1 is 1.04 bits per heavy atom. The van der Waals surface area contributed by atoms with Crippen LogP contribution in [0.4, 0.5) is 15.4 Å². The quantitative estimate of drug-likeness (QED) is 0.485. The smallest absolute Gasteiger partial charge is 0.435 e. The highest BCUT2D eigenvalue weighted by Gasteiger charge is 2.28. The van der Waals surface area contributed by atoms with Gasteiger partial charge in [-0.2, -0.15) is 5.01 Å². The summed E-state index contributed by atoms with van der Waals surface area (Å²) < 4.78 is 15.3. The molecular weight excluding hydrogens is 354 g/mol. The number of hydrazine groups is 1. The number of nitrogens with zero attached hydrogens (tertiary/aromatic N) is 2. The summed E-state index contributed by atoms with van der Waals surface area (Å²) in [4.78, 5) is 40.3. The number of nitrogens with one attached hydrogen (secondary N) is 1. The lowest BCUT2D eigenvalue weighted by molar-refractivity contribution is 0.0423. The van der Waals surface area contributed by atoms with E-state index in [0.717, 1.165) is 5.01 Å². The first-order valence-electron chi connectivity index (χ1n) is 8.48. The zero-order chi connectivity index (χ0) is 20.8. The van der Waals surface area contributed by atoms with Crippen molar-refractivity contribution in [3.63, 3.8) is 0 Å². The maximum Gasteiger partial charge on any atom is 0.435 e. The minimum atomic E-state index is -0.857. The standard InChI is InChI=1S/C18H27N3O6/c1-8-25-14(22)12-9-10-13(19-11-12)21(16(24)27-18(5,6)7)20-15(23)26-17(2,3)4/h9-11H,8H2,1-7H3,(H,20,23). The molecule has 1 heterocycles. The molecule has 0 aliphatic heterocycles. The summed E-state index contributed by atoms with van der Waals surface area (Å²) in [5.41, 5.74) is 0.960. The average Bonchev–Trinajstić information content (AvgIpc) is 2.49. The molecule has 0 aliphatic rings. The lowest BCUT2D eigenvalue weighted by atomic mass is 10.2. The predicted octanol–water partition coefficient (Wildman–Crippen LogP) is 3.44. The minimum Gasteiger partial charge on any atom is -0.462 e. The van der Waals surface area contributed by atoms with Crippen LogP contribution in [0.25, 0.3) is 0 Å². The molecule has 0 aliphatic carbocycles. The van der Waals surface area contributed by atoms with Crippen molar-refractivity contribution >= 4 is 24.0 Å². The molecule has 0 bridgehead atoms. The predicted molar refractivity (Wildman–Crippen MR) is 98.3 cm³/mol. The summed E-state index contributed by atoms with van der Waals surface area (Å²) in [6.07, 6.45) is -0.476. The first-order chi connectivity index (χ1) is 12.3. The van der Waals surface area contributed by atoms with Crippen LogP contribution < -0.4 is 10.4 Å². The second-order valence-corrected chi connectivity index (χ2v) is 7.55. The van der Waals surface area contributed by atoms with E-state index < -0.39 is 29.4 Å². The van der Waals surface area contributed by atoms with Gasteiger partial charge in [-0.3, -0.25) is 0 Å². The summed E-state index contributed by atoms with van der Waals surface area (Å²) in [5.74, 6) is -0.497. The van der Waals surface area contributed by atoms with Crippen LogP contribution in [-0.2, 0) is 14.2 Å². The fourth-order valence-corrected chi connectivity index (χ4v) is 1.75. The number of esters is 1. The number of amides is 2. The van der Waals surface area contributed by atoms with E-state index in [1.807, 2.05) is 0 Å². The fourth-order valence-electron chi connectivity index (χ4n) is 1.75. The highest BCUT2D eigenvalue weighted by molar-refractivity contribution is 5.91. The lowest BCUT2D eigenvalue weighted by Crippen LogP contribution is -2.50. The van der Waals surface area contributed by atoms with Crippen LogP contribution in [0, 0.1) is 0 Å². The summed E-state index contributed by atoms with van der Waals surface area (Å²) in [7, 11) is 0. The average molecular weight is 381 g/mol. The van der Waals surface area contributed by atoms with Crippen LogP contribution in [-0.4, -0.2) is 40.9 Å². The number of carbonyl (C=O) groups is 3. The Kier molecular flexibility index (Phi) is 7.15. The minimum absolute atomic E-state index is 0.0446. The third-order valence-electron chi connectivity index (χ3n) is 2.67. The maximum atomic E-state index is 12.5. The van der Waals surface area contributed by atoms with Crippen molar-refractivity contribution in [3.05, 3.63) is 23.9 Å². The summed E-state index contributed by atoms with van der Waals surface area (Å²) in [6, 6.07) is 2.81. The van der Waals surface area contributed by atoms with E-state index in [9.17, 15) is 14.4 Å². The van der Waals surface area contributed by atoms with Crippen molar-refractivity contribution in [2.24, 2.45) is 0 Å². The number of anilines is 1. The molecule has 9 nitrogen and oxygen atoms in total. The van der Waals surface area contributed by atoms with Crippen LogP contribution in [0.3, 0.4) is 0 Å². The molecule has 1 rings (SSSR count). The zero-order valence-corrected chi connectivity index (χ0v) is 16.8. The number of aromatic nitrogens is 1. The maximum absolute atomic E-state index is 12.5. The first-order valence-corrected chi connectivity index (χ1v) is 8.48. The third kappa shape index (κ3) is 7.93. The van der Waals surface area contributed by atoms with E-state index in [1.165, 1.54) is 18.3 Å². The van der Waals surface area contributed by atoms with Gasteiger partial charge < -0.3 is 14.2 Å². The molecule has 0 saturated carbocycles. The Morgan fingerprint density at radius 3 is 2.07 bits per heavy atom. The van der Waals surface area contributed by atoms with Gasteiger partial charge in [0.2, 0.25) is 0 Å². The number of hydrogen-bond donors (Lipinski definition) is 1. The molecule has 1 N–H and O–H groups in total. The molecule has 0 aromatic carbocycles. The molecule has 9 heteroatoms. The second kappa shape index (κ2) is 8.70. The van der Waals surface area contributed by atoms with Crippen LogP contribution >= 0.6 is 0 Å². The van der Waals surface area contributed by atoms with Crippen LogP contribution in [0.15, 0.2) is 18.3 Å².